The van der Waals surface area contributed by atoms with Crippen molar-refractivity contribution in [2.24, 2.45) is 0 Å². The van der Waals surface area contributed by atoms with E-state index in [-0.39, 0.29) is 11.1 Å². The summed E-state index contributed by atoms with van der Waals surface area (Å²) < 4.78 is 0. The lowest BCUT2D eigenvalue weighted by molar-refractivity contribution is -0.651. The Morgan fingerprint density at radius 1 is 0.963 bits per heavy atom. The molecule has 0 radical (unpaired) electrons. The molecule has 1 aliphatic rings. The third-order valence-electron chi connectivity index (χ3n) is 4.88. The number of nitro groups is 2. The molecule has 0 heterocycles. The molecule has 2 aromatic carbocycles. The van der Waals surface area contributed by atoms with Gasteiger partial charge in [0.15, 0.2) is 0 Å². The van der Waals surface area contributed by atoms with E-state index >= 15 is 0 Å². The molecule has 8 nitrogen and oxygen atoms in total. The van der Waals surface area contributed by atoms with Crippen molar-refractivity contribution in [3.05, 3.63) is 98.1 Å². The molecule has 0 saturated carbocycles. The summed E-state index contributed by atoms with van der Waals surface area (Å²) in [6.45, 7) is 1.05. The van der Waals surface area contributed by atoms with Crippen molar-refractivity contribution >= 4 is 11.4 Å². The van der Waals surface area contributed by atoms with Gasteiger partial charge in [-0.05, 0) is 11.1 Å². The Labute approximate surface area is 154 Å². The summed E-state index contributed by atoms with van der Waals surface area (Å²) in [5.41, 5.74) is -4.84. The molecule has 3 rings (SSSR count). The topological polar surface area (TPSA) is 124 Å². The number of nitrogens with zero attached hydrogens (tertiary/aromatic N) is 2. The van der Waals surface area contributed by atoms with Crippen LogP contribution in [-0.2, 0) is 10.4 Å². The molecule has 0 fully saturated rings. The predicted octanol–water partition coefficient (Wildman–Crippen LogP) is 2.22. The van der Waals surface area contributed by atoms with Crippen molar-refractivity contribution in [2.45, 2.75) is 24.1 Å². The van der Waals surface area contributed by atoms with Crippen molar-refractivity contribution in [2.75, 3.05) is 0 Å². The molecule has 138 valence electrons. The highest BCUT2D eigenvalue weighted by Gasteiger charge is 2.70. The minimum atomic E-state index is -2.69. The van der Waals surface area contributed by atoms with E-state index in [1.807, 2.05) is 0 Å². The van der Waals surface area contributed by atoms with Gasteiger partial charge in [0.1, 0.15) is 0 Å². The molecule has 8 heteroatoms. The summed E-state index contributed by atoms with van der Waals surface area (Å²) in [5.74, 6) is -0.944. The van der Waals surface area contributed by atoms with Crippen LogP contribution in [0.3, 0.4) is 0 Å². The Bertz CT molecular complexity index is 943. The van der Waals surface area contributed by atoms with Crippen LogP contribution in [0.5, 0.6) is 0 Å². The molecule has 0 aromatic heterocycles. The van der Waals surface area contributed by atoms with E-state index in [4.69, 9.17) is 0 Å². The van der Waals surface area contributed by atoms with Crippen LogP contribution in [0.25, 0.3) is 5.57 Å². The van der Waals surface area contributed by atoms with Gasteiger partial charge in [-0.15, -0.1) is 0 Å². The van der Waals surface area contributed by atoms with E-state index in [1.54, 1.807) is 36.4 Å². The lowest BCUT2D eigenvalue weighted by Crippen LogP contribution is -2.65. The van der Waals surface area contributed by atoms with E-state index in [2.05, 4.69) is 0 Å². The highest BCUT2D eigenvalue weighted by atomic mass is 16.6. The van der Waals surface area contributed by atoms with Crippen molar-refractivity contribution < 1.29 is 19.7 Å². The molecule has 1 aliphatic carbocycles. The zero-order chi connectivity index (χ0) is 19.8. The predicted molar refractivity (Wildman–Crippen MR) is 95.9 cm³/mol. The van der Waals surface area contributed by atoms with Gasteiger partial charge in [0.2, 0.25) is 11.4 Å². The van der Waals surface area contributed by atoms with E-state index in [1.165, 1.54) is 24.3 Å². The SMILES string of the molecule is C[C@@]1([N+](=O)[O-])C=C(c2ccccc2)C(=O)[C@](O)(c2ccccc2)[C@H]1[N+](=O)[O-]. The third kappa shape index (κ3) is 2.70. The molecule has 0 saturated heterocycles. The molecule has 0 amide bonds. The summed E-state index contributed by atoms with van der Waals surface area (Å²) in [6, 6.07) is 13.2. The normalized spacial score (nSPS) is 27.7. The van der Waals surface area contributed by atoms with Gasteiger partial charge in [-0.3, -0.25) is 25.0 Å². The molecule has 0 aliphatic heterocycles. The lowest BCUT2D eigenvalue weighted by Gasteiger charge is -2.38. The van der Waals surface area contributed by atoms with Gasteiger partial charge in [-0.1, -0.05) is 60.7 Å². The smallest absolute Gasteiger partial charge is 0.324 e. The zero-order valence-electron chi connectivity index (χ0n) is 14.3. The number of carbonyl (C=O) groups is 1. The number of benzene rings is 2. The average molecular weight is 368 g/mol. The highest BCUT2D eigenvalue weighted by molar-refractivity contribution is 6.26. The second-order valence-electron chi connectivity index (χ2n) is 6.56. The fourth-order valence-electron chi connectivity index (χ4n) is 3.52. The number of hydrogen-bond acceptors (Lipinski definition) is 6. The first-order valence-corrected chi connectivity index (χ1v) is 8.12. The van der Waals surface area contributed by atoms with Crippen molar-refractivity contribution in [3.63, 3.8) is 0 Å². The number of hydrogen-bond donors (Lipinski definition) is 1. The van der Waals surface area contributed by atoms with Crippen LogP contribution in [0.4, 0.5) is 0 Å². The average Bonchev–Trinajstić information content (AvgIpc) is 2.65. The van der Waals surface area contributed by atoms with Crippen LogP contribution < -0.4 is 0 Å². The molecule has 0 spiro atoms. The minimum Gasteiger partial charge on any atom is -0.371 e. The van der Waals surface area contributed by atoms with Gasteiger partial charge in [-0.2, -0.15) is 0 Å². The van der Waals surface area contributed by atoms with Gasteiger partial charge < -0.3 is 5.11 Å². The highest BCUT2D eigenvalue weighted by Crippen LogP contribution is 2.44. The first-order valence-electron chi connectivity index (χ1n) is 8.12. The third-order valence-corrected chi connectivity index (χ3v) is 4.88. The van der Waals surface area contributed by atoms with Gasteiger partial charge in [0.25, 0.3) is 0 Å². The summed E-state index contributed by atoms with van der Waals surface area (Å²) in [4.78, 5) is 35.1. The number of aliphatic hydroxyl groups is 1. The zero-order valence-corrected chi connectivity index (χ0v) is 14.3. The minimum absolute atomic E-state index is 0.0636. The molecule has 0 bridgehead atoms. The maximum atomic E-state index is 13.2. The monoisotopic (exact) mass is 368 g/mol. The maximum absolute atomic E-state index is 13.2. The van der Waals surface area contributed by atoms with Crippen LogP contribution in [0.2, 0.25) is 0 Å². The second kappa shape index (κ2) is 6.40. The Morgan fingerprint density at radius 2 is 1.48 bits per heavy atom. The van der Waals surface area contributed by atoms with E-state index in [0.29, 0.717) is 5.56 Å². The fraction of sp³-hybridized carbons (Fsp3) is 0.211. The van der Waals surface area contributed by atoms with Crippen LogP contribution in [0.15, 0.2) is 66.7 Å². The van der Waals surface area contributed by atoms with Crippen LogP contribution in [0, 0.1) is 20.2 Å². The Balaban J connectivity index is 2.36. The van der Waals surface area contributed by atoms with E-state index in [0.717, 1.165) is 13.0 Å². The molecule has 1 N–H and O–H groups in total. The quantitative estimate of drug-likeness (QED) is 0.652. The van der Waals surface area contributed by atoms with Gasteiger partial charge in [0.05, 0.1) is 0 Å². The summed E-state index contributed by atoms with van der Waals surface area (Å²) in [7, 11) is 0. The largest absolute Gasteiger partial charge is 0.371 e. The Hall–Kier alpha value is -3.39. The first-order chi connectivity index (χ1) is 12.7. The van der Waals surface area contributed by atoms with Gasteiger partial charge in [0, 0.05) is 28.4 Å². The maximum Gasteiger partial charge on any atom is 0.324 e. The summed E-state index contributed by atoms with van der Waals surface area (Å²) >= 11 is 0. The van der Waals surface area contributed by atoms with Crippen molar-refractivity contribution in [1.29, 1.82) is 0 Å². The molecule has 2 aromatic rings. The van der Waals surface area contributed by atoms with Gasteiger partial charge in [-0.25, -0.2) is 0 Å². The number of ketones is 1. The second-order valence-corrected chi connectivity index (χ2v) is 6.56. The Kier molecular flexibility index (Phi) is 4.36. The molecular formula is C19H16N2O6. The van der Waals surface area contributed by atoms with Crippen molar-refractivity contribution in [1.82, 2.24) is 0 Å². The molecule has 0 unspecified atom stereocenters. The molecule has 3 atom stereocenters. The number of rotatable bonds is 4. The standard InChI is InChI=1S/C19H16N2O6/c1-18(21(26)27)12-15(13-8-4-2-5-9-13)16(22)19(23,17(18)20(24)25)14-10-6-3-7-11-14/h2-12,17,23H,1H3/t17-,18+,19+/m0/s1. The summed E-state index contributed by atoms with van der Waals surface area (Å²) in [6.07, 6.45) is 0.982. The molecule has 27 heavy (non-hydrogen) atoms. The number of Topliss-reactive ketones (excluding diaryl/α,β-unsaturated/α-hetero) is 1. The van der Waals surface area contributed by atoms with Crippen LogP contribution >= 0.6 is 0 Å². The molecular weight excluding hydrogens is 352 g/mol. The van der Waals surface area contributed by atoms with E-state index in [9.17, 15) is 30.1 Å². The van der Waals surface area contributed by atoms with Crippen LogP contribution in [-0.4, -0.2) is 32.3 Å². The van der Waals surface area contributed by atoms with Crippen LogP contribution in [0.1, 0.15) is 18.1 Å². The first kappa shape index (κ1) is 18.4. The van der Waals surface area contributed by atoms with Crippen molar-refractivity contribution in [3.8, 4) is 0 Å². The summed E-state index contributed by atoms with van der Waals surface area (Å²) in [5, 5.41) is 35.0. The lowest BCUT2D eigenvalue weighted by atomic mass is 9.66. The number of carbonyl (C=O) groups excluding carboxylic acids is 1. The Morgan fingerprint density at radius 3 is 1.96 bits per heavy atom. The van der Waals surface area contributed by atoms with Gasteiger partial charge >= 0.3 is 11.6 Å². The fourth-order valence-corrected chi connectivity index (χ4v) is 3.52. The van der Waals surface area contributed by atoms with E-state index < -0.39 is 32.8 Å².